The van der Waals surface area contributed by atoms with Crippen molar-refractivity contribution in [1.82, 2.24) is 10.3 Å². The molecule has 0 bridgehead atoms. The third kappa shape index (κ3) is 3.43. The lowest BCUT2D eigenvalue weighted by atomic mass is 10.1. The van der Waals surface area contributed by atoms with E-state index in [1.807, 2.05) is 6.07 Å². The standard InChI is InChI=1S/C18H16FN3O2/c19-14-7-3-1-5-12(14)9-10-21-17(23)16-11-24-18(22-16)13-6-2-4-8-15(13)20/h1-8,11H,9-10,20H2,(H,21,23). The predicted molar refractivity (Wildman–Crippen MR) is 88.8 cm³/mol. The van der Waals surface area contributed by atoms with Crippen LogP contribution >= 0.6 is 0 Å². The van der Waals surface area contributed by atoms with Gasteiger partial charge >= 0.3 is 0 Å². The SMILES string of the molecule is Nc1ccccc1-c1nc(C(=O)NCCc2ccccc2F)co1. The molecule has 122 valence electrons. The molecule has 0 atom stereocenters. The monoisotopic (exact) mass is 325 g/mol. The van der Waals surface area contributed by atoms with Crippen LogP contribution in [0, 0.1) is 5.82 Å². The first kappa shape index (κ1) is 15.7. The molecule has 0 aliphatic heterocycles. The number of halogens is 1. The van der Waals surface area contributed by atoms with Crippen LogP contribution in [0.1, 0.15) is 16.1 Å². The summed E-state index contributed by atoms with van der Waals surface area (Å²) in [6.45, 7) is 0.301. The third-order valence-corrected chi connectivity index (χ3v) is 3.57. The van der Waals surface area contributed by atoms with Crippen LogP contribution in [0.3, 0.4) is 0 Å². The Morgan fingerprint density at radius 1 is 1.17 bits per heavy atom. The Morgan fingerprint density at radius 2 is 1.92 bits per heavy atom. The highest BCUT2D eigenvalue weighted by molar-refractivity contribution is 5.92. The van der Waals surface area contributed by atoms with E-state index in [1.54, 1.807) is 36.4 Å². The predicted octanol–water partition coefficient (Wildman–Crippen LogP) is 3.04. The third-order valence-electron chi connectivity index (χ3n) is 3.57. The van der Waals surface area contributed by atoms with Crippen molar-refractivity contribution in [1.29, 1.82) is 0 Å². The molecule has 24 heavy (non-hydrogen) atoms. The number of rotatable bonds is 5. The summed E-state index contributed by atoms with van der Waals surface area (Å²) >= 11 is 0. The van der Waals surface area contributed by atoms with Gasteiger partial charge in [-0.2, -0.15) is 0 Å². The van der Waals surface area contributed by atoms with Crippen LogP contribution in [-0.2, 0) is 6.42 Å². The fraction of sp³-hybridized carbons (Fsp3) is 0.111. The van der Waals surface area contributed by atoms with Gasteiger partial charge < -0.3 is 15.5 Å². The molecule has 0 aliphatic rings. The highest BCUT2D eigenvalue weighted by Crippen LogP contribution is 2.24. The molecule has 1 heterocycles. The highest BCUT2D eigenvalue weighted by atomic mass is 19.1. The number of amides is 1. The maximum absolute atomic E-state index is 13.5. The molecule has 2 aromatic carbocycles. The maximum atomic E-state index is 13.5. The molecule has 0 saturated carbocycles. The second-order valence-corrected chi connectivity index (χ2v) is 5.22. The second kappa shape index (κ2) is 6.95. The summed E-state index contributed by atoms with van der Waals surface area (Å²) in [4.78, 5) is 16.2. The average molecular weight is 325 g/mol. The van der Waals surface area contributed by atoms with Crippen molar-refractivity contribution in [3.8, 4) is 11.5 Å². The second-order valence-electron chi connectivity index (χ2n) is 5.22. The van der Waals surface area contributed by atoms with E-state index in [0.717, 1.165) is 0 Å². The van der Waals surface area contributed by atoms with Crippen molar-refractivity contribution in [2.24, 2.45) is 0 Å². The van der Waals surface area contributed by atoms with E-state index in [1.165, 1.54) is 12.3 Å². The molecule has 3 N–H and O–H groups in total. The molecule has 0 unspecified atom stereocenters. The van der Waals surface area contributed by atoms with Crippen LogP contribution in [0.4, 0.5) is 10.1 Å². The highest BCUT2D eigenvalue weighted by Gasteiger charge is 2.14. The van der Waals surface area contributed by atoms with E-state index in [2.05, 4.69) is 10.3 Å². The summed E-state index contributed by atoms with van der Waals surface area (Å²) in [6.07, 6.45) is 1.68. The topological polar surface area (TPSA) is 81.1 Å². The number of nitrogens with one attached hydrogen (secondary N) is 1. The minimum absolute atomic E-state index is 0.154. The van der Waals surface area contributed by atoms with Gasteiger partial charge in [-0.3, -0.25) is 4.79 Å². The number of oxazole rings is 1. The van der Waals surface area contributed by atoms with Crippen LogP contribution in [0.25, 0.3) is 11.5 Å². The molecule has 1 aromatic heterocycles. The zero-order valence-electron chi connectivity index (χ0n) is 12.8. The van der Waals surface area contributed by atoms with Gasteiger partial charge in [0.25, 0.3) is 5.91 Å². The molecular formula is C18H16FN3O2. The molecule has 6 heteroatoms. The van der Waals surface area contributed by atoms with Gasteiger partial charge in [0, 0.05) is 12.2 Å². The van der Waals surface area contributed by atoms with Crippen molar-refractivity contribution >= 4 is 11.6 Å². The molecule has 0 aliphatic carbocycles. The van der Waals surface area contributed by atoms with Crippen molar-refractivity contribution in [3.63, 3.8) is 0 Å². The number of nitrogen functional groups attached to an aromatic ring is 1. The van der Waals surface area contributed by atoms with Crippen LogP contribution in [0.5, 0.6) is 0 Å². The number of aromatic nitrogens is 1. The zero-order chi connectivity index (χ0) is 16.9. The molecular weight excluding hydrogens is 309 g/mol. The molecule has 1 amide bonds. The van der Waals surface area contributed by atoms with Gasteiger partial charge in [0.2, 0.25) is 5.89 Å². The molecule has 3 aromatic rings. The van der Waals surface area contributed by atoms with Crippen molar-refractivity contribution in [3.05, 3.63) is 71.9 Å². The lowest BCUT2D eigenvalue weighted by Gasteiger charge is -2.04. The maximum Gasteiger partial charge on any atom is 0.273 e. The Labute approximate surface area is 138 Å². The number of anilines is 1. The van der Waals surface area contributed by atoms with Crippen molar-refractivity contribution in [2.75, 3.05) is 12.3 Å². The Hall–Kier alpha value is -3.15. The number of para-hydroxylation sites is 1. The Kier molecular flexibility index (Phi) is 4.56. The minimum Gasteiger partial charge on any atom is -0.444 e. The first-order valence-corrected chi connectivity index (χ1v) is 7.47. The fourth-order valence-corrected chi connectivity index (χ4v) is 2.30. The zero-order valence-corrected chi connectivity index (χ0v) is 12.8. The summed E-state index contributed by atoms with van der Waals surface area (Å²) in [6, 6.07) is 13.6. The average Bonchev–Trinajstić information content (AvgIpc) is 3.07. The van der Waals surface area contributed by atoms with Gasteiger partial charge in [-0.1, -0.05) is 30.3 Å². The number of nitrogens with zero attached hydrogens (tertiary/aromatic N) is 1. The first-order chi connectivity index (χ1) is 11.6. The van der Waals surface area contributed by atoms with E-state index in [9.17, 15) is 9.18 Å². The number of benzene rings is 2. The number of carbonyl (C=O) groups excluding carboxylic acids is 1. The van der Waals surface area contributed by atoms with Crippen LogP contribution in [-0.4, -0.2) is 17.4 Å². The minimum atomic E-state index is -0.379. The van der Waals surface area contributed by atoms with E-state index in [0.29, 0.717) is 29.8 Å². The smallest absolute Gasteiger partial charge is 0.273 e. The molecule has 0 saturated heterocycles. The fourth-order valence-electron chi connectivity index (χ4n) is 2.30. The van der Waals surface area contributed by atoms with Crippen molar-refractivity contribution < 1.29 is 13.6 Å². The van der Waals surface area contributed by atoms with Gasteiger partial charge in [0.1, 0.15) is 12.1 Å². The molecule has 0 radical (unpaired) electrons. The number of nitrogens with two attached hydrogens (primary N) is 1. The summed E-state index contributed by atoms with van der Waals surface area (Å²) in [5, 5.41) is 2.69. The van der Waals surface area contributed by atoms with E-state index < -0.39 is 0 Å². The quantitative estimate of drug-likeness (QED) is 0.707. The van der Waals surface area contributed by atoms with E-state index in [4.69, 9.17) is 10.2 Å². The first-order valence-electron chi connectivity index (χ1n) is 7.47. The van der Waals surface area contributed by atoms with Gasteiger partial charge in [0.15, 0.2) is 5.69 Å². The van der Waals surface area contributed by atoms with Crippen LogP contribution in [0.15, 0.2) is 59.2 Å². The Balaban J connectivity index is 1.62. The summed E-state index contributed by atoms with van der Waals surface area (Å²) in [5.41, 5.74) is 7.71. The van der Waals surface area contributed by atoms with Crippen molar-refractivity contribution in [2.45, 2.75) is 6.42 Å². The molecule has 0 fully saturated rings. The normalized spacial score (nSPS) is 10.5. The lowest BCUT2D eigenvalue weighted by Crippen LogP contribution is -2.26. The molecule has 5 nitrogen and oxygen atoms in total. The number of hydrogen-bond donors (Lipinski definition) is 2. The van der Waals surface area contributed by atoms with Crippen LogP contribution in [0.2, 0.25) is 0 Å². The van der Waals surface area contributed by atoms with Gasteiger partial charge in [-0.25, -0.2) is 9.37 Å². The molecule has 3 rings (SSSR count). The summed E-state index contributed by atoms with van der Waals surface area (Å²) < 4.78 is 18.8. The lowest BCUT2D eigenvalue weighted by molar-refractivity contribution is 0.0949. The van der Waals surface area contributed by atoms with Gasteiger partial charge in [0.05, 0.1) is 5.56 Å². The molecule has 0 spiro atoms. The number of hydrogen-bond acceptors (Lipinski definition) is 4. The van der Waals surface area contributed by atoms with Gasteiger partial charge in [-0.15, -0.1) is 0 Å². The van der Waals surface area contributed by atoms with E-state index in [-0.39, 0.29) is 23.3 Å². The summed E-state index contributed by atoms with van der Waals surface area (Å²) in [5.74, 6) is -0.377. The summed E-state index contributed by atoms with van der Waals surface area (Å²) in [7, 11) is 0. The largest absolute Gasteiger partial charge is 0.444 e. The Morgan fingerprint density at radius 3 is 2.71 bits per heavy atom. The Bertz CT molecular complexity index is 861. The van der Waals surface area contributed by atoms with Crippen LogP contribution < -0.4 is 11.1 Å². The number of carbonyl (C=O) groups is 1. The van der Waals surface area contributed by atoms with Gasteiger partial charge in [-0.05, 0) is 30.2 Å². The van der Waals surface area contributed by atoms with E-state index >= 15 is 0 Å².